The second-order valence-corrected chi connectivity index (χ2v) is 19.5. The molecule has 0 nitrogen and oxygen atoms in total. The summed E-state index contributed by atoms with van der Waals surface area (Å²) in [6.45, 7) is 24.3. The van der Waals surface area contributed by atoms with Crippen LogP contribution < -0.4 is 0 Å². The van der Waals surface area contributed by atoms with Gasteiger partial charge in [0.25, 0.3) is 0 Å². The Morgan fingerprint density at radius 1 is 0.605 bits per heavy atom. The van der Waals surface area contributed by atoms with E-state index in [4.69, 9.17) is 0 Å². The van der Waals surface area contributed by atoms with Gasteiger partial charge in [-0.15, -0.1) is 0 Å². The fraction of sp³-hybridized carbons (Fsp3) is 0.333. The molecule has 0 aromatic heterocycles. The first-order valence-corrected chi connectivity index (χ1v) is 18.2. The van der Waals surface area contributed by atoms with E-state index in [9.17, 15) is 0 Å². The Morgan fingerprint density at radius 2 is 1.07 bits per heavy atom. The molecule has 43 heavy (non-hydrogen) atoms. The van der Waals surface area contributed by atoms with Crippen LogP contribution in [0.4, 0.5) is 0 Å². The van der Waals surface area contributed by atoms with Crippen LogP contribution in [0.5, 0.6) is 0 Å². The monoisotopic (exact) mass is 586 g/mol. The molecular weight excluding hydrogens is 537 g/mol. The standard InChI is InChI=1S/C23H32S.C19H18/c1-22(2,3)24(6,7)15-14-17-12-13-19-18-10-8-9-11-20(18)23(4,5)21(19)16-17;1-5-13-11-16-15-9-7-8-10-17(15)19(3,4)18(16)12-14(13)6-2/h8-13,16H,14-15H2,1-7H3;5-12H,1-2H2,3-4H3. The fourth-order valence-electron chi connectivity index (χ4n) is 6.72. The highest BCUT2D eigenvalue weighted by Crippen LogP contribution is 2.54. The largest absolute Gasteiger partial charge is 0.242 e. The van der Waals surface area contributed by atoms with Crippen molar-refractivity contribution in [2.45, 2.75) is 70.5 Å². The van der Waals surface area contributed by atoms with Gasteiger partial charge < -0.3 is 0 Å². The first kappa shape index (κ1) is 31.1. The summed E-state index contributed by atoms with van der Waals surface area (Å²) >= 11 is 0. The lowest BCUT2D eigenvalue weighted by Gasteiger charge is -2.44. The summed E-state index contributed by atoms with van der Waals surface area (Å²) < 4.78 is 0.416. The second-order valence-electron chi connectivity index (χ2n) is 14.8. The summed E-state index contributed by atoms with van der Waals surface area (Å²) in [5, 5.41) is 0. The fourth-order valence-corrected chi connectivity index (χ4v) is 8.08. The minimum absolute atomic E-state index is 0.0589. The third-order valence-corrected chi connectivity index (χ3v) is 15.0. The maximum Gasteiger partial charge on any atom is 0.0159 e. The zero-order valence-electron chi connectivity index (χ0n) is 27.9. The summed E-state index contributed by atoms with van der Waals surface area (Å²) in [7, 11) is -0.592. The van der Waals surface area contributed by atoms with Gasteiger partial charge in [0.05, 0.1) is 0 Å². The van der Waals surface area contributed by atoms with Crippen LogP contribution >= 0.6 is 10.0 Å². The Labute approximate surface area is 263 Å². The van der Waals surface area contributed by atoms with Crippen LogP contribution in [-0.2, 0) is 17.3 Å². The highest BCUT2D eigenvalue weighted by Gasteiger charge is 2.36. The Bertz CT molecular complexity index is 1700. The molecule has 0 saturated heterocycles. The van der Waals surface area contributed by atoms with Crippen molar-refractivity contribution < 1.29 is 0 Å². The third-order valence-electron chi connectivity index (χ3n) is 10.4. The van der Waals surface area contributed by atoms with E-state index in [-0.39, 0.29) is 10.8 Å². The third kappa shape index (κ3) is 5.35. The first-order chi connectivity index (χ1) is 20.1. The van der Waals surface area contributed by atoms with Crippen LogP contribution in [0.3, 0.4) is 0 Å². The van der Waals surface area contributed by atoms with E-state index < -0.39 is 10.0 Å². The number of fused-ring (bicyclic) bond motifs is 6. The predicted molar refractivity (Wildman–Crippen MR) is 196 cm³/mol. The molecule has 0 aliphatic heterocycles. The van der Waals surface area contributed by atoms with Gasteiger partial charge in [0.1, 0.15) is 0 Å². The molecule has 0 unspecified atom stereocenters. The van der Waals surface area contributed by atoms with Gasteiger partial charge in [-0.1, -0.05) is 141 Å². The Kier molecular flexibility index (Phi) is 7.97. The van der Waals surface area contributed by atoms with E-state index in [1.807, 2.05) is 12.2 Å². The molecule has 0 fully saturated rings. The van der Waals surface area contributed by atoms with Gasteiger partial charge >= 0.3 is 0 Å². The van der Waals surface area contributed by atoms with E-state index in [1.54, 1.807) is 0 Å². The van der Waals surface area contributed by atoms with Crippen molar-refractivity contribution in [2.75, 3.05) is 18.3 Å². The molecule has 0 N–H and O–H groups in total. The van der Waals surface area contributed by atoms with Gasteiger partial charge in [0, 0.05) is 10.8 Å². The van der Waals surface area contributed by atoms with Gasteiger partial charge in [0.2, 0.25) is 0 Å². The van der Waals surface area contributed by atoms with Gasteiger partial charge in [-0.2, -0.15) is 0 Å². The summed E-state index contributed by atoms with van der Waals surface area (Å²) in [5.41, 5.74) is 15.3. The highest BCUT2D eigenvalue weighted by molar-refractivity contribution is 8.33. The summed E-state index contributed by atoms with van der Waals surface area (Å²) in [6, 6.07) is 29.3. The molecule has 0 heterocycles. The van der Waals surface area contributed by atoms with Crippen molar-refractivity contribution in [1.82, 2.24) is 0 Å². The van der Waals surface area contributed by atoms with E-state index in [0.29, 0.717) is 4.75 Å². The average Bonchev–Trinajstić information content (AvgIpc) is 3.34. The second kappa shape index (κ2) is 11.0. The number of aryl methyl sites for hydroxylation is 1. The zero-order chi connectivity index (χ0) is 31.4. The van der Waals surface area contributed by atoms with Crippen molar-refractivity contribution >= 4 is 22.2 Å². The molecule has 0 radical (unpaired) electrons. The van der Waals surface area contributed by atoms with Crippen LogP contribution in [-0.4, -0.2) is 23.0 Å². The summed E-state index contributed by atoms with van der Waals surface area (Å²) in [4.78, 5) is 0. The van der Waals surface area contributed by atoms with Crippen LogP contribution in [0.2, 0.25) is 0 Å². The predicted octanol–water partition coefficient (Wildman–Crippen LogP) is 11.7. The van der Waals surface area contributed by atoms with Gasteiger partial charge in [-0.25, -0.2) is 10.0 Å². The Balaban J connectivity index is 0.000000176. The minimum Gasteiger partial charge on any atom is -0.242 e. The van der Waals surface area contributed by atoms with Gasteiger partial charge in [-0.05, 0) is 103 Å². The number of benzene rings is 4. The van der Waals surface area contributed by atoms with Crippen molar-refractivity contribution in [3.8, 4) is 22.3 Å². The molecule has 1 heteroatoms. The molecule has 6 rings (SSSR count). The van der Waals surface area contributed by atoms with Crippen molar-refractivity contribution in [2.24, 2.45) is 0 Å². The quantitative estimate of drug-likeness (QED) is 0.218. The van der Waals surface area contributed by atoms with E-state index in [2.05, 4.69) is 153 Å². The summed E-state index contributed by atoms with van der Waals surface area (Å²) in [6.07, 6.45) is 9.99. The van der Waals surface area contributed by atoms with E-state index in [0.717, 1.165) is 11.1 Å². The minimum atomic E-state index is -0.592. The van der Waals surface area contributed by atoms with Crippen molar-refractivity contribution in [3.05, 3.63) is 131 Å². The molecule has 2 aliphatic carbocycles. The molecule has 2 aliphatic rings. The molecule has 0 amide bonds. The Hall–Kier alpha value is -3.29. The first-order valence-electron chi connectivity index (χ1n) is 15.6. The summed E-state index contributed by atoms with van der Waals surface area (Å²) in [5.74, 6) is 1.31. The van der Waals surface area contributed by atoms with Crippen molar-refractivity contribution in [1.29, 1.82) is 0 Å². The smallest absolute Gasteiger partial charge is 0.0159 e. The number of rotatable bonds is 5. The SMILES string of the molecule is C=Cc1cc2c(cc1C=C)C(C)(C)c1ccccc1-2.CC1(C)c2ccccc2-c2ccc(CCS(C)(C)C(C)(C)C)cc21. The van der Waals surface area contributed by atoms with Crippen molar-refractivity contribution in [3.63, 3.8) is 0 Å². The lowest BCUT2D eigenvalue weighted by atomic mass is 9.81. The van der Waals surface area contributed by atoms with Crippen LogP contribution in [0, 0.1) is 0 Å². The maximum atomic E-state index is 3.91. The zero-order valence-corrected chi connectivity index (χ0v) is 28.7. The lowest BCUT2D eigenvalue weighted by molar-refractivity contribution is 0.659. The molecule has 0 atom stereocenters. The van der Waals surface area contributed by atoms with Crippen LogP contribution in [0.15, 0.2) is 92.0 Å². The molecule has 0 saturated carbocycles. The highest BCUT2D eigenvalue weighted by atomic mass is 32.3. The average molecular weight is 587 g/mol. The molecular formula is C42H50S. The Morgan fingerprint density at radius 3 is 1.60 bits per heavy atom. The topological polar surface area (TPSA) is 0 Å². The maximum absolute atomic E-state index is 3.91. The number of hydrogen-bond donors (Lipinski definition) is 0. The van der Waals surface area contributed by atoms with Gasteiger partial charge in [0.15, 0.2) is 0 Å². The molecule has 0 spiro atoms. The lowest BCUT2D eigenvalue weighted by Crippen LogP contribution is -2.26. The number of hydrogen-bond acceptors (Lipinski definition) is 0. The normalized spacial score (nSPS) is 15.7. The van der Waals surface area contributed by atoms with Crippen LogP contribution in [0.1, 0.15) is 87.4 Å². The molecule has 4 aromatic carbocycles. The molecule has 4 aromatic rings. The van der Waals surface area contributed by atoms with E-state index in [1.165, 1.54) is 62.2 Å². The molecule has 224 valence electrons. The van der Waals surface area contributed by atoms with E-state index >= 15 is 0 Å². The molecule has 0 bridgehead atoms. The van der Waals surface area contributed by atoms with Gasteiger partial charge in [-0.3, -0.25) is 0 Å². The van der Waals surface area contributed by atoms with Crippen LogP contribution in [0.25, 0.3) is 34.4 Å².